The average molecular weight is 1010 g/mol. The minimum atomic E-state index is -4.91. The molecule has 0 bridgehead atoms. The molecule has 0 radical (unpaired) electrons. The lowest BCUT2D eigenvalue weighted by atomic mass is 10.1. The lowest BCUT2D eigenvalue weighted by Gasteiger charge is -2.14. The number of alkyl halides is 6. The van der Waals surface area contributed by atoms with Crippen LogP contribution >= 0.6 is 46.4 Å². The summed E-state index contributed by atoms with van der Waals surface area (Å²) in [6.45, 7) is 0. The molecule has 0 aliphatic rings. The van der Waals surface area contributed by atoms with E-state index in [1.807, 2.05) is 4.72 Å². The number of benzene rings is 4. The third kappa shape index (κ3) is 11.7. The zero-order valence-corrected chi connectivity index (χ0v) is 35.8. The van der Waals surface area contributed by atoms with E-state index in [1.165, 1.54) is 30.3 Å². The van der Waals surface area contributed by atoms with E-state index in [9.17, 15) is 62.9 Å². The molecule has 334 valence electrons. The average Bonchev–Trinajstić information content (AvgIpc) is 3.20. The van der Waals surface area contributed by atoms with Crippen molar-refractivity contribution in [3.63, 3.8) is 0 Å². The fraction of sp³-hybridized carbons (Fsp3) is 0.0526. The SMILES string of the molecule is Nc1cccc(C(=O)c2ncc(Cl)cc2NS(=O)(=O)c2ccc(Cl)c(C(F)(F)F)c2)c1.O=C(c1cccc([N+](=O)[O-])c1)c1ncc(Cl)cc1NS(=O)(=O)c1ccc(Cl)c(C(F)(F)F)c1. The molecule has 6 rings (SSSR count). The van der Waals surface area contributed by atoms with Gasteiger partial charge in [-0.25, -0.2) is 26.8 Å². The number of hydrogen-bond acceptors (Lipinski definition) is 11. The predicted molar refractivity (Wildman–Crippen MR) is 224 cm³/mol. The first-order chi connectivity index (χ1) is 29.7. The summed E-state index contributed by atoms with van der Waals surface area (Å²) in [5.74, 6) is -1.56. The minimum absolute atomic E-state index is 0.00564. The number of carbonyl (C=O) groups excluding carboxylic acids is 2. The molecule has 0 saturated heterocycles. The van der Waals surface area contributed by atoms with Crippen molar-refractivity contribution in [2.75, 3.05) is 15.2 Å². The van der Waals surface area contributed by atoms with Gasteiger partial charge in [-0.1, -0.05) is 70.7 Å². The van der Waals surface area contributed by atoms with Crippen molar-refractivity contribution < 1.29 is 57.7 Å². The van der Waals surface area contributed by atoms with Gasteiger partial charge in [0.1, 0.15) is 11.4 Å². The Bertz CT molecular complexity index is 3070. The number of nitrogens with two attached hydrogens (primary N) is 1. The van der Waals surface area contributed by atoms with Crippen molar-refractivity contribution in [3.05, 3.63) is 173 Å². The smallest absolute Gasteiger partial charge is 0.399 e. The number of aromatic nitrogens is 2. The quantitative estimate of drug-likeness (QED) is 0.0364. The molecule has 4 N–H and O–H groups in total. The molecule has 0 atom stereocenters. The highest BCUT2D eigenvalue weighted by Crippen LogP contribution is 2.38. The van der Waals surface area contributed by atoms with Crippen LogP contribution in [-0.2, 0) is 32.4 Å². The van der Waals surface area contributed by atoms with Gasteiger partial charge in [0, 0.05) is 41.3 Å². The number of nitrogens with zero attached hydrogens (tertiary/aromatic N) is 3. The second kappa shape index (κ2) is 19.0. The standard InChI is InChI=1S/C19H10Cl2F3N3O5S.C19H12Cl2F3N3O3S/c20-11-7-16(17(25-9-11)18(28)10-2-1-3-12(6-10)27(29)30)26-33(31,32)13-4-5-15(21)14(8-13)19(22,23)24;20-11-7-16(17(26-9-11)18(28)10-2-1-3-12(25)6-10)27-31(29,30)13-4-5-15(21)14(8-13)19(22,23)24/h1-9,26H;1-9,27H,25H2. The van der Waals surface area contributed by atoms with Crippen molar-refractivity contribution in [1.29, 1.82) is 0 Å². The summed E-state index contributed by atoms with van der Waals surface area (Å²) < 4.78 is 134. The molecule has 6 aromatic rings. The van der Waals surface area contributed by atoms with Crippen molar-refractivity contribution in [2.24, 2.45) is 0 Å². The summed E-state index contributed by atoms with van der Waals surface area (Å²) in [6, 6.07) is 16.7. The van der Waals surface area contributed by atoms with Gasteiger partial charge in [-0.15, -0.1) is 0 Å². The van der Waals surface area contributed by atoms with Gasteiger partial charge >= 0.3 is 12.4 Å². The van der Waals surface area contributed by atoms with Crippen molar-refractivity contribution in [1.82, 2.24) is 9.97 Å². The Morgan fingerprint density at radius 3 is 1.41 bits per heavy atom. The van der Waals surface area contributed by atoms with Crippen molar-refractivity contribution in [2.45, 2.75) is 22.1 Å². The summed E-state index contributed by atoms with van der Waals surface area (Å²) >= 11 is 22.8. The summed E-state index contributed by atoms with van der Waals surface area (Å²) in [7, 11) is -9.22. The Morgan fingerprint density at radius 1 is 0.609 bits per heavy atom. The number of nitro groups is 1. The highest BCUT2D eigenvalue weighted by atomic mass is 35.5. The van der Waals surface area contributed by atoms with Gasteiger partial charge in [-0.3, -0.25) is 29.1 Å². The number of non-ortho nitro benzene ring substituents is 1. The van der Waals surface area contributed by atoms with Crippen molar-refractivity contribution >= 4 is 101 Å². The van der Waals surface area contributed by atoms with E-state index >= 15 is 0 Å². The topological polar surface area (TPSA) is 221 Å². The lowest BCUT2D eigenvalue weighted by molar-refractivity contribution is -0.384. The van der Waals surface area contributed by atoms with Crippen LogP contribution in [0.2, 0.25) is 20.1 Å². The van der Waals surface area contributed by atoms with E-state index in [0.717, 1.165) is 60.9 Å². The molecule has 0 aliphatic heterocycles. The first-order valence-electron chi connectivity index (χ1n) is 17.0. The molecule has 0 spiro atoms. The van der Waals surface area contributed by atoms with Gasteiger partial charge in [0.2, 0.25) is 11.6 Å². The van der Waals surface area contributed by atoms with E-state index < -0.39 is 96.9 Å². The lowest BCUT2D eigenvalue weighted by Crippen LogP contribution is -2.18. The molecule has 2 heterocycles. The maximum Gasteiger partial charge on any atom is 0.417 e. The van der Waals surface area contributed by atoms with E-state index in [0.29, 0.717) is 17.8 Å². The molecule has 0 aliphatic carbocycles. The van der Waals surface area contributed by atoms with E-state index in [2.05, 4.69) is 14.7 Å². The Hall–Kier alpha value is -6.04. The van der Waals surface area contributed by atoms with Crippen LogP contribution in [0.3, 0.4) is 0 Å². The van der Waals surface area contributed by atoms with Crippen LogP contribution in [0.25, 0.3) is 0 Å². The predicted octanol–water partition coefficient (Wildman–Crippen LogP) is 10.4. The van der Waals surface area contributed by atoms with Gasteiger partial charge in [0.05, 0.1) is 57.3 Å². The van der Waals surface area contributed by atoms with Gasteiger partial charge in [0.25, 0.3) is 25.7 Å². The number of nitrogens with one attached hydrogen (secondary N) is 2. The zero-order valence-electron chi connectivity index (χ0n) is 31.2. The van der Waals surface area contributed by atoms with Crippen LogP contribution in [0.5, 0.6) is 0 Å². The van der Waals surface area contributed by atoms with Gasteiger partial charge in [0.15, 0.2) is 0 Å². The molecule has 64 heavy (non-hydrogen) atoms. The van der Waals surface area contributed by atoms with Crippen molar-refractivity contribution in [3.8, 4) is 0 Å². The summed E-state index contributed by atoms with van der Waals surface area (Å²) in [5.41, 5.74) is 1.28. The van der Waals surface area contributed by atoms with Gasteiger partial charge < -0.3 is 5.73 Å². The van der Waals surface area contributed by atoms with Gasteiger partial charge in [-0.05, 0) is 60.7 Å². The maximum atomic E-state index is 13.1. The maximum absolute atomic E-state index is 13.1. The second-order valence-electron chi connectivity index (χ2n) is 12.7. The highest BCUT2D eigenvalue weighted by Gasteiger charge is 2.36. The number of sulfonamides is 2. The first-order valence-corrected chi connectivity index (χ1v) is 21.5. The molecule has 0 fully saturated rings. The summed E-state index contributed by atoms with van der Waals surface area (Å²) in [6.07, 6.45) is -7.62. The zero-order chi connectivity index (χ0) is 47.5. The third-order valence-electron chi connectivity index (χ3n) is 8.20. The van der Waals surface area contributed by atoms with Crippen LogP contribution in [-0.4, -0.2) is 43.3 Å². The summed E-state index contributed by atoms with van der Waals surface area (Å²) in [5, 5.41) is 9.52. The number of ketones is 2. The van der Waals surface area contributed by atoms with Gasteiger partial charge in [-0.2, -0.15) is 26.3 Å². The molecule has 4 aromatic carbocycles. The monoisotopic (exact) mass is 1010 g/mol. The van der Waals surface area contributed by atoms with Crippen LogP contribution in [0, 0.1) is 10.1 Å². The van der Waals surface area contributed by atoms with E-state index in [-0.39, 0.29) is 32.6 Å². The highest BCUT2D eigenvalue weighted by molar-refractivity contribution is 7.93. The molecule has 26 heteroatoms. The van der Waals surface area contributed by atoms with Crippen LogP contribution < -0.4 is 15.2 Å². The molecular formula is C38H22Cl4F6N6O8S2. The van der Waals surface area contributed by atoms with Crippen LogP contribution in [0.1, 0.15) is 43.2 Å². The fourth-order valence-corrected chi connectivity index (χ4v) is 8.23. The molecule has 0 saturated carbocycles. The molecular weight excluding hydrogens is 988 g/mol. The Morgan fingerprint density at radius 2 is 1.02 bits per heavy atom. The molecule has 0 amide bonds. The second-order valence-corrected chi connectivity index (χ2v) is 17.7. The Balaban J connectivity index is 0.000000241. The fourth-order valence-electron chi connectivity index (χ4n) is 5.30. The number of rotatable bonds is 11. The third-order valence-corrected chi connectivity index (χ3v) is 12.0. The molecule has 14 nitrogen and oxygen atoms in total. The van der Waals surface area contributed by atoms with E-state index in [4.69, 9.17) is 52.1 Å². The number of pyridine rings is 2. The number of nitro benzene ring substituents is 1. The molecule has 2 aromatic heterocycles. The first kappa shape index (κ1) is 49.0. The van der Waals surface area contributed by atoms with E-state index in [1.54, 1.807) is 6.07 Å². The molecule has 0 unspecified atom stereocenters. The number of nitrogen functional groups attached to an aromatic ring is 1. The Kier molecular flexibility index (Phi) is 14.5. The van der Waals surface area contributed by atoms with Crippen LogP contribution in [0.4, 0.5) is 49.1 Å². The largest absolute Gasteiger partial charge is 0.417 e. The minimum Gasteiger partial charge on any atom is -0.399 e. The Labute approximate surface area is 377 Å². The summed E-state index contributed by atoms with van der Waals surface area (Å²) in [4.78, 5) is 42.1. The normalized spacial score (nSPS) is 11.8. The number of carbonyl (C=O) groups is 2. The number of hydrogen-bond donors (Lipinski definition) is 3. The number of anilines is 3. The van der Waals surface area contributed by atoms with Crippen LogP contribution in [0.15, 0.2) is 119 Å². The number of halogens is 10.